The molecular weight excluding hydrogens is 595 g/mol. The summed E-state index contributed by atoms with van der Waals surface area (Å²) in [5.74, 6) is -3.08. The Kier molecular flexibility index (Phi) is 11.0. The van der Waals surface area contributed by atoms with Gasteiger partial charge in [0.2, 0.25) is 11.2 Å². The Morgan fingerprint density at radius 1 is 0.848 bits per heavy atom. The summed E-state index contributed by atoms with van der Waals surface area (Å²) in [4.78, 5) is 29.0. The van der Waals surface area contributed by atoms with Crippen LogP contribution in [0, 0.1) is 0 Å². The smallest absolute Gasteiger partial charge is 0.449 e. The fourth-order valence-corrected chi connectivity index (χ4v) is 5.33. The minimum absolute atomic E-state index is 0.0195. The quantitative estimate of drug-likeness (QED) is 0.114. The molecule has 0 aliphatic carbocycles. The second-order valence-electron chi connectivity index (χ2n) is 12.5. The van der Waals surface area contributed by atoms with Gasteiger partial charge in [0.15, 0.2) is 0 Å². The van der Waals surface area contributed by atoms with Gasteiger partial charge in [0, 0.05) is 6.54 Å². The first-order chi connectivity index (χ1) is 21.8. The summed E-state index contributed by atoms with van der Waals surface area (Å²) in [6, 6.07) is 16.3. The van der Waals surface area contributed by atoms with Crippen molar-refractivity contribution in [3.63, 3.8) is 0 Å². The monoisotopic (exact) mass is 637 g/mol. The highest BCUT2D eigenvalue weighted by atomic mass is 19.4. The number of halogens is 3. The van der Waals surface area contributed by atoms with Crippen molar-refractivity contribution in [1.29, 1.82) is 0 Å². The van der Waals surface area contributed by atoms with Gasteiger partial charge < -0.3 is 13.9 Å². The second kappa shape index (κ2) is 14.5. The standard InChI is InChI=1S/C37H42F3NO5/c1-7-10-24-11-17-27(18-12-24)44-33-31(42)28-19-20-30(45-35(43)25-13-15-26(16-14-25)36(4,5)6)29(23-41(21-8-2)22-9-3)32(28)46-34(33)37(38,39)40/h11-20H,7-10,21-23H2,1-6H3. The van der Waals surface area contributed by atoms with Crippen molar-refractivity contribution in [1.82, 2.24) is 4.90 Å². The molecule has 1 heterocycles. The molecule has 0 saturated heterocycles. The second-order valence-corrected chi connectivity index (χ2v) is 12.5. The van der Waals surface area contributed by atoms with Crippen molar-refractivity contribution in [2.75, 3.05) is 13.1 Å². The van der Waals surface area contributed by atoms with Crippen LogP contribution < -0.4 is 14.9 Å². The first-order valence-corrected chi connectivity index (χ1v) is 15.8. The molecule has 246 valence electrons. The highest BCUT2D eigenvalue weighted by Crippen LogP contribution is 2.40. The van der Waals surface area contributed by atoms with E-state index < -0.39 is 29.1 Å². The molecule has 0 aliphatic heterocycles. The van der Waals surface area contributed by atoms with Crippen LogP contribution >= 0.6 is 0 Å². The highest BCUT2D eigenvalue weighted by molar-refractivity contribution is 5.92. The minimum atomic E-state index is -5.05. The summed E-state index contributed by atoms with van der Waals surface area (Å²) < 4.78 is 60.4. The molecule has 0 N–H and O–H groups in total. The molecule has 0 atom stereocenters. The molecule has 0 amide bonds. The van der Waals surface area contributed by atoms with Crippen molar-refractivity contribution in [2.45, 2.75) is 85.4 Å². The first-order valence-electron chi connectivity index (χ1n) is 15.8. The molecule has 0 saturated carbocycles. The Morgan fingerprint density at radius 3 is 2.02 bits per heavy atom. The molecular formula is C37H42F3NO5. The molecule has 9 heteroatoms. The van der Waals surface area contributed by atoms with Crippen LogP contribution in [-0.4, -0.2) is 24.0 Å². The number of rotatable bonds is 12. The lowest BCUT2D eigenvalue weighted by molar-refractivity contribution is -0.154. The summed E-state index contributed by atoms with van der Waals surface area (Å²) in [6.07, 6.45) is -1.77. The maximum atomic E-state index is 14.5. The molecule has 0 fully saturated rings. The van der Waals surface area contributed by atoms with Crippen LogP contribution in [0.5, 0.6) is 17.2 Å². The van der Waals surface area contributed by atoms with Crippen LogP contribution in [0.15, 0.2) is 69.9 Å². The number of nitrogens with zero attached hydrogens (tertiary/aromatic N) is 1. The van der Waals surface area contributed by atoms with Gasteiger partial charge in [-0.25, -0.2) is 4.79 Å². The number of esters is 1. The Bertz CT molecular complexity index is 1700. The van der Waals surface area contributed by atoms with E-state index in [0.717, 1.165) is 36.8 Å². The maximum Gasteiger partial charge on any atom is 0.453 e. The molecule has 4 rings (SSSR count). The van der Waals surface area contributed by atoms with E-state index >= 15 is 0 Å². The van der Waals surface area contributed by atoms with E-state index in [2.05, 4.69) is 20.8 Å². The lowest BCUT2D eigenvalue weighted by atomic mass is 9.87. The summed E-state index contributed by atoms with van der Waals surface area (Å²) in [7, 11) is 0. The van der Waals surface area contributed by atoms with E-state index in [-0.39, 0.29) is 45.6 Å². The Hall–Kier alpha value is -4.11. The van der Waals surface area contributed by atoms with Gasteiger partial charge in [0.05, 0.1) is 16.5 Å². The third kappa shape index (κ3) is 8.18. The largest absolute Gasteiger partial charge is 0.453 e. The van der Waals surface area contributed by atoms with E-state index in [4.69, 9.17) is 13.9 Å². The number of carbonyl (C=O) groups excluding carboxylic acids is 1. The molecule has 0 unspecified atom stereocenters. The average molecular weight is 638 g/mol. The topological polar surface area (TPSA) is 69.0 Å². The Balaban J connectivity index is 1.85. The number of fused-ring (bicyclic) bond motifs is 1. The van der Waals surface area contributed by atoms with Crippen LogP contribution in [0.25, 0.3) is 11.0 Å². The van der Waals surface area contributed by atoms with Gasteiger partial charge in [-0.15, -0.1) is 0 Å². The minimum Gasteiger partial charge on any atom is -0.449 e. The Morgan fingerprint density at radius 2 is 1.48 bits per heavy atom. The molecule has 1 aromatic heterocycles. The molecule has 0 bridgehead atoms. The third-order valence-electron chi connectivity index (χ3n) is 7.67. The summed E-state index contributed by atoms with van der Waals surface area (Å²) in [5, 5.41) is -0.108. The normalized spacial score (nSPS) is 12.1. The molecule has 3 aromatic carbocycles. The van der Waals surface area contributed by atoms with Crippen LogP contribution in [0.1, 0.15) is 93.6 Å². The number of ether oxygens (including phenoxy) is 2. The summed E-state index contributed by atoms with van der Waals surface area (Å²) >= 11 is 0. The van der Waals surface area contributed by atoms with Gasteiger partial charge >= 0.3 is 12.1 Å². The van der Waals surface area contributed by atoms with Gasteiger partial charge in [-0.1, -0.05) is 72.2 Å². The van der Waals surface area contributed by atoms with Crippen molar-refractivity contribution < 1.29 is 31.9 Å². The number of alkyl halides is 3. The SMILES string of the molecule is CCCc1ccc(Oc2c(C(F)(F)F)oc3c(CN(CCC)CCC)c(OC(=O)c4ccc(C(C)(C)C)cc4)ccc3c2=O)cc1. The Labute approximate surface area is 268 Å². The molecule has 46 heavy (non-hydrogen) atoms. The molecule has 0 spiro atoms. The average Bonchev–Trinajstić information content (AvgIpc) is 3.00. The molecule has 6 nitrogen and oxygen atoms in total. The number of benzene rings is 3. The van der Waals surface area contributed by atoms with E-state index in [0.29, 0.717) is 13.1 Å². The summed E-state index contributed by atoms with van der Waals surface area (Å²) in [5.41, 5.74) is 1.10. The van der Waals surface area contributed by atoms with E-state index in [1.54, 1.807) is 24.3 Å². The number of hydrogen-bond donors (Lipinski definition) is 0. The van der Waals surface area contributed by atoms with E-state index in [1.807, 2.05) is 37.8 Å². The van der Waals surface area contributed by atoms with Crippen LogP contribution in [0.3, 0.4) is 0 Å². The predicted octanol–water partition coefficient (Wildman–Crippen LogP) is 9.70. The van der Waals surface area contributed by atoms with E-state index in [1.165, 1.54) is 24.3 Å². The first kappa shape index (κ1) is 34.8. The van der Waals surface area contributed by atoms with Crippen LogP contribution in [0.4, 0.5) is 13.2 Å². The van der Waals surface area contributed by atoms with Gasteiger partial charge in [-0.3, -0.25) is 9.69 Å². The summed E-state index contributed by atoms with van der Waals surface area (Å²) in [6.45, 7) is 13.6. The maximum absolute atomic E-state index is 14.5. The van der Waals surface area contributed by atoms with Crippen molar-refractivity contribution >= 4 is 16.9 Å². The van der Waals surface area contributed by atoms with Gasteiger partial charge in [0.1, 0.15) is 17.1 Å². The highest BCUT2D eigenvalue weighted by Gasteiger charge is 2.41. The molecule has 0 aliphatic rings. The lowest BCUT2D eigenvalue weighted by Gasteiger charge is -2.23. The van der Waals surface area contributed by atoms with Crippen molar-refractivity contribution in [3.8, 4) is 17.2 Å². The van der Waals surface area contributed by atoms with Crippen LogP contribution in [-0.2, 0) is 24.6 Å². The van der Waals surface area contributed by atoms with Gasteiger partial charge in [0.25, 0.3) is 5.76 Å². The molecule has 0 radical (unpaired) electrons. The number of hydrogen-bond acceptors (Lipinski definition) is 6. The number of aryl methyl sites for hydroxylation is 1. The third-order valence-corrected chi connectivity index (χ3v) is 7.67. The van der Waals surface area contributed by atoms with Crippen LogP contribution in [0.2, 0.25) is 0 Å². The fraction of sp³-hybridized carbons (Fsp3) is 0.405. The zero-order chi connectivity index (χ0) is 33.6. The van der Waals surface area contributed by atoms with E-state index in [9.17, 15) is 22.8 Å². The zero-order valence-corrected chi connectivity index (χ0v) is 27.3. The lowest BCUT2D eigenvalue weighted by Crippen LogP contribution is -2.26. The van der Waals surface area contributed by atoms with Crippen molar-refractivity contribution in [3.05, 3.63) is 98.9 Å². The predicted molar refractivity (Wildman–Crippen MR) is 174 cm³/mol. The molecule has 4 aromatic rings. The fourth-order valence-electron chi connectivity index (χ4n) is 5.33. The van der Waals surface area contributed by atoms with Crippen molar-refractivity contribution in [2.24, 2.45) is 0 Å². The number of carbonyl (C=O) groups is 1. The van der Waals surface area contributed by atoms with Gasteiger partial charge in [-0.2, -0.15) is 13.2 Å². The van der Waals surface area contributed by atoms with Gasteiger partial charge in [-0.05, 0) is 85.3 Å². The zero-order valence-electron chi connectivity index (χ0n) is 27.3.